The standard InChI is InChI=1S/C21H17N3O/c1-24(2)21(25)15-8-9-16-18-13-22-11-10-17(18)20(23-19(16)12-15)14-6-4-3-5-7-14/h3-13H,1-2H3. The van der Waals surface area contributed by atoms with Gasteiger partial charge in [0.15, 0.2) is 0 Å². The first-order chi connectivity index (χ1) is 12.1. The zero-order chi connectivity index (χ0) is 17.4. The molecular weight excluding hydrogens is 310 g/mol. The van der Waals surface area contributed by atoms with Gasteiger partial charge in [-0.25, -0.2) is 4.98 Å². The fraction of sp³-hybridized carbons (Fsp3) is 0.0952. The fourth-order valence-electron chi connectivity index (χ4n) is 3.06. The van der Waals surface area contributed by atoms with Gasteiger partial charge in [-0.15, -0.1) is 0 Å². The van der Waals surface area contributed by atoms with Crippen LogP contribution < -0.4 is 0 Å². The Morgan fingerprint density at radius 1 is 0.920 bits per heavy atom. The third kappa shape index (κ3) is 2.62. The van der Waals surface area contributed by atoms with Gasteiger partial charge in [0.25, 0.3) is 5.91 Å². The van der Waals surface area contributed by atoms with Crippen LogP contribution >= 0.6 is 0 Å². The van der Waals surface area contributed by atoms with Gasteiger partial charge in [0.2, 0.25) is 0 Å². The molecule has 4 nitrogen and oxygen atoms in total. The Kier molecular flexibility index (Phi) is 3.65. The summed E-state index contributed by atoms with van der Waals surface area (Å²) >= 11 is 0. The summed E-state index contributed by atoms with van der Waals surface area (Å²) in [5.41, 5.74) is 3.38. The van der Waals surface area contributed by atoms with Gasteiger partial charge in [-0.2, -0.15) is 0 Å². The van der Waals surface area contributed by atoms with E-state index in [0.717, 1.165) is 32.9 Å². The zero-order valence-corrected chi connectivity index (χ0v) is 14.1. The van der Waals surface area contributed by atoms with E-state index in [0.29, 0.717) is 5.56 Å². The highest BCUT2D eigenvalue weighted by Gasteiger charge is 2.13. The van der Waals surface area contributed by atoms with Crippen molar-refractivity contribution in [3.8, 4) is 11.3 Å². The minimum Gasteiger partial charge on any atom is -0.345 e. The SMILES string of the molecule is CN(C)C(=O)c1ccc2c(c1)nc(-c1ccccc1)c1ccncc12. The number of carbonyl (C=O) groups is 1. The van der Waals surface area contributed by atoms with Crippen LogP contribution in [0.2, 0.25) is 0 Å². The molecule has 0 unspecified atom stereocenters. The summed E-state index contributed by atoms with van der Waals surface area (Å²) in [5, 5.41) is 3.09. The summed E-state index contributed by atoms with van der Waals surface area (Å²) in [4.78, 5) is 23.0. The number of pyridine rings is 2. The zero-order valence-electron chi connectivity index (χ0n) is 14.1. The van der Waals surface area contributed by atoms with Gasteiger partial charge in [-0.05, 0) is 18.2 Å². The molecule has 2 aromatic heterocycles. The fourth-order valence-corrected chi connectivity index (χ4v) is 3.06. The van der Waals surface area contributed by atoms with E-state index in [2.05, 4.69) is 4.98 Å². The van der Waals surface area contributed by atoms with Crippen molar-refractivity contribution in [2.45, 2.75) is 0 Å². The molecule has 0 aliphatic rings. The summed E-state index contributed by atoms with van der Waals surface area (Å²) < 4.78 is 0. The van der Waals surface area contributed by atoms with Crippen LogP contribution in [0.3, 0.4) is 0 Å². The third-order valence-corrected chi connectivity index (χ3v) is 4.30. The van der Waals surface area contributed by atoms with Gasteiger partial charge in [-0.3, -0.25) is 9.78 Å². The second kappa shape index (κ2) is 5.98. The molecule has 4 aromatic rings. The van der Waals surface area contributed by atoms with Gasteiger partial charge < -0.3 is 4.90 Å². The van der Waals surface area contributed by atoms with Crippen LogP contribution in [-0.4, -0.2) is 34.9 Å². The topological polar surface area (TPSA) is 46.1 Å². The molecule has 0 atom stereocenters. The lowest BCUT2D eigenvalue weighted by Gasteiger charge is -2.13. The van der Waals surface area contributed by atoms with E-state index < -0.39 is 0 Å². The molecule has 4 heteroatoms. The number of fused-ring (bicyclic) bond motifs is 3. The molecule has 0 aliphatic carbocycles. The van der Waals surface area contributed by atoms with Crippen molar-refractivity contribution in [1.82, 2.24) is 14.9 Å². The lowest BCUT2D eigenvalue weighted by atomic mass is 10.0. The number of amides is 1. The number of hydrogen-bond acceptors (Lipinski definition) is 3. The van der Waals surface area contributed by atoms with E-state index >= 15 is 0 Å². The summed E-state index contributed by atoms with van der Waals surface area (Å²) in [6.45, 7) is 0. The number of benzene rings is 2. The maximum atomic E-state index is 12.3. The number of carbonyl (C=O) groups excluding carboxylic acids is 1. The van der Waals surface area contributed by atoms with Gasteiger partial charge in [0, 0.05) is 53.8 Å². The van der Waals surface area contributed by atoms with Crippen molar-refractivity contribution < 1.29 is 4.79 Å². The van der Waals surface area contributed by atoms with Crippen LogP contribution in [0.15, 0.2) is 67.0 Å². The van der Waals surface area contributed by atoms with Crippen molar-refractivity contribution in [2.75, 3.05) is 14.1 Å². The predicted molar refractivity (Wildman–Crippen MR) is 100 cm³/mol. The molecule has 0 radical (unpaired) electrons. The Morgan fingerprint density at radius 2 is 1.72 bits per heavy atom. The molecule has 0 fully saturated rings. The minimum absolute atomic E-state index is 0.0313. The normalized spacial score (nSPS) is 11.0. The van der Waals surface area contributed by atoms with E-state index in [1.54, 1.807) is 25.2 Å². The van der Waals surface area contributed by atoms with Gasteiger partial charge in [-0.1, -0.05) is 36.4 Å². The van der Waals surface area contributed by atoms with Crippen LogP contribution in [0.1, 0.15) is 10.4 Å². The van der Waals surface area contributed by atoms with Crippen molar-refractivity contribution in [3.05, 3.63) is 72.6 Å². The quantitative estimate of drug-likeness (QED) is 0.520. The highest BCUT2D eigenvalue weighted by atomic mass is 16.2. The predicted octanol–water partition coefficient (Wildman–Crippen LogP) is 4.15. The van der Waals surface area contributed by atoms with Crippen molar-refractivity contribution >= 4 is 27.6 Å². The maximum Gasteiger partial charge on any atom is 0.253 e. The molecule has 0 bridgehead atoms. The highest BCUT2D eigenvalue weighted by Crippen LogP contribution is 2.32. The molecule has 0 saturated carbocycles. The monoisotopic (exact) mass is 327 g/mol. The smallest absolute Gasteiger partial charge is 0.253 e. The third-order valence-electron chi connectivity index (χ3n) is 4.30. The molecule has 1 amide bonds. The van der Waals surface area contributed by atoms with Crippen molar-refractivity contribution in [2.24, 2.45) is 0 Å². The Morgan fingerprint density at radius 3 is 2.48 bits per heavy atom. The minimum atomic E-state index is -0.0313. The Balaban J connectivity index is 2.05. The van der Waals surface area contributed by atoms with E-state index in [1.807, 2.05) is 60.8 Å². The first-order valence-electron chi connectivity index (χ1n) is 8.10. The van der Waals surface area contributed by atoms with Crippen molar-refractivity contribution in [1.29, 1.82) is 0 Å². The van der Waals surface area contributed by atoms with Crippen molar-refractivity contribution in [3.63, 3.8) is 0 Å². The number of rotatable bonds is 2. The van der Waals surface area contributed by atoms with E-state index in [9.17, 15) is 4.79 Å². The van der Waals surface area contributed by atoms with Crippen LogP contribution in [0.5, 0.6) is 0 Å². The van der Waals surface area contributed by atoms with E-state index in [-0.39, 0.29) is 5.91 Å². The van der Waals surface area contributed by atoms with E-state index in [1.165, 1.54) is 0 Å². The average Bonchev–Trinajstić information content (AvgIpc) is 2.67. The summed E-state index contributed by atoms with van der Waals surface area (Å²) in [6, 6.07) is 17.7. The first-order valence-corrected chi connectivity index (χ1v) is 8.10. The molecule has 0 saturated heterocycles. The average molecular weight is 327 g/mol. The largest absolute Gasteiger partial charge is 0.345 e. The van der Waals surface area contributed by atoms with Crippen LogP contribution in [0, 0.1) is 0 Å². The summed E-state index contributed by atoms with van der Waals surface area (Å²) in [7, 11) is 3.50. The summed E-state index contributed by atoms with van der Waals surface area (Å²) in [5.74, 6) is -0.0313. The van der Waals surface area contributed by atoms with Gasteiger partial charge >= 0.3 is 0 Å². The number of hydrogen-bond donors (Lipinski definition) is 0. The molecule has 4 rings (SSSR count). The second-order valence-electron chi connectivity index (χ2n) is 6.18. The highest BCUT2D eigenvalue weighted by molar-refractivity contribution is 6.11. The second-order valence-corrected chi connectivity index (χ2v) is 6.18. The molecule has 0 spiro atoms. The Hall–Kier alpha value is -3.27. The van der Waals surface area contributed by atoms with Crippen LogP contribution in [0.4, 0.5) is 0 Å². The molecule has 2 heterocycles. The molecular formula is C21H17N3O. The van der Waals surface area contributed by atoms with Gasteiger partial charge in [0.1, 0.15) is 0 Å². The first kappa shape index (κ1) is 15.3. The summed E-state index contributed by atoms with van der Waals surface area (Å²) in [6.07, 6.45) is 3.64. The van der Waals surface area contributed by atoms with Crippen LogP contribution in [0.25, 0.3) is 32.9 Å². The molecule has 0 N–H and O–H groups in total. The molecule has 122 valence electrons. The number of nitrogens with zero attached hydrogens (tertiary/aromatic N) is 3. The Bertz CT molecular complexity index is 1090. The molecule has 2 aromatic carbocycles. The van der Waals surface area contributed by atoms with E-state index in [4.69, 9.17) is 4.98 Å². The lowest BCUT2D eigenvalue weighted by molar-refractivity contribution is 0.0828. The molecule has 0 aliphatic heterocycles. The Labute approximate surface area is 145 Å². The molecule has 25 heavy (non-hydrogen) atoms. The van der Waals surface area contributed by atoms with Gasteiger partial charge in [0.05, 0.1) is 11.2 Å². The maximum absolute atomic E-state index is 12.3. The van der Waals surface area contributed by atoms with Crippen LogP contribution in [-0.2, 0) is 0 Å². The number of aromatic nitrogens is 2. The lowest BCUT2D eigenvalue weighted by Crippen LogP contribution is -2.21.